The Morgan fingerprint density at radius 2 is 2.07 bits per heavy atom. The Morgan fingerprint density at radius 3 is 2.67 bits per heavy atom. The highest BCUT2D eigenvalue weighted by Gasteiger charge is 2.24. The van der Waals surface area contributed by atoms with Crippen LogP contribution in [0.2, 0.25) is 0 Å². The van der Waals surface area contributed by atoms with E-state index in [1.54, 1.807) is 0 Å². The number of aliphatic hydroxyl groups excluding tert-OH is 1. The van der Waals surface area contributed by atoms with Crippen molar-refractivity contribution in [3.63, 3.8) is 0 Å². The Kier molecular flexibility index (Phi) is 2.83. The summed E-state index contributed by atoms with van der Waals surface area (Å²) in [7, 11) is 0. The van der Waals surface area contributed by atoms with Crippen LogP contribution in [0.4, 0.5) is 0 Å². The van der Waals surface area contributed by atoms with Gasteiger partial charge in [-0.05, 0) is 41.7 Å². The molecule has 2 rings (SSSR count). The first kappa shape index (κ1) is 10.7. The van der Waals surface area contributed by atoms with Gasteiger partial charge in [-0.1, -0.05) is 38.1 Å². The molecule has 0 heterocycles. The minimum atomic E-state index is 0.00216. The van der Waals surface area contributed by atoms with Crippen LogP contribution >= 0.6 is 0 Å². The maximum absolute atomic E-state index is 9.25. The van der Waals surface area contributed by atoms with Crippen LogP contribution in [0.25, 0.3) is 0 Å². The van der Waals surface area contributed by atoms with E-state index >= 15 is 0 Å². The third-order valence-electron chi connectivity index (χ3n) is 3.11. The van der Waals surface area contributed by atoms with Crippen molar-refractivity contribution in [2.45, 2.75) is 39.0 Å². The maximum Gasteiger partial charge on any atom is 0.0485 e. The van der Waals surface area contributed by atoms with Crippen molar-refractivity contribution < 1.29 is 5.11 Å². The van der Waals surface area contributed by atoms with Gasteiger partial charge in [0.25, 0.3) is 0 Å². The van der Waals surface area contributed by atoms with E-state index in [2.05, 4.69) is 38.1 Å². The fourth-order valence-corrected chi connectivity index (χ4v) is 1.98. The van der Waals surface area contributed by atoms with Crippen LogP contribution < -0.4 is 0 Å². The molecule has 0 amide bonds. The second-order valence-electron chi connectivity index (χ2n) is 5.52. The largest absolute Gasteiger partial charge is 0.396 e. The van der Waals surface area contributed by atoms with Crippen molar-refractivity contribution in [2.75, 3.05) is 6.61 Å². The molecule has 0 aromatic heterocycles. The van der Waals surface area contributed by atoms with E-state index in [9.17, 15) is 5.11 Å². The van der Waals surface area contributed by atoms with Crippen LogP contribution in [0.3, 0.4) is 0 Å². The van der Waals surface area contributed by atoms with Gasteiger partial charge in [-0.3, -0.25) is 0 Å². The quantitative estimate of drug-likeness (QED) is 0.799. The van der Waals surface area contributed by atoms with E-state index in [4.69, 9.17) is 0 Å². The van der Waals surface area contributed by atoms with Crippen molar-refractivity contribution in [1.82, 2.24) is 0 Å². The van der Waals surface area contributed by atoms with Gasteiger partial charge in [0.15, 0.2) is 0 Å². The van der Waals surface area contributed by atoms with Gasteiger partial charge >= 0.3 is 0 Å². The summed E-state index contributed by atoms with van der Waals surface area (Å²) in [5, 5.41) is 9.25. The van der Waals surface area contributed by atoms with Crippen LogP contribution in [0.1, 0.15) is 43.7 Å². The highest BCUT2D eigenvalue weighted by molar-refractivity contribution is 5.29. The molecule has 1 aliphatic carbocycles. The van der Waals surface area contributed by atoms with E-state index in [0.29, 0.717) is 0 Å². The highest BCUT2D eigenvalue weighted by Crippen LogP contribution is 2.40. The predicted molar refractivity (Wildman–Crippen MR) is 63.0 cm³/mol. The molecule has 0 atom stereocenters. The zero-order chi connectivity index (χ0) is 10.9. The van der Waals surface area contributed by atoms with Gasteiger partial charge in [0.05, 0.1) is 0 Å². The standard InChI is InChI=1S/C14H20O/c1-14(2,10-15)9-11-4-3-5-13(8-11)12-6-7-12/h3-5,8,12,15H,6-7,9-10H2,1-2H3. The molecule has 0 radical (unpaired) electrons. The van der Waals surface area contributed by atoms with E-state index in [1.165, 1.54) is 24.0 Å². The number of aliphatic hydroxyl groups is 1. The van der Waals surface area contributed by atoms with Crippen LogP contribution in [-0.4, -0.2) is 11.7 Å². The Hall–Kier alpha value is -0.820. The second-order valence-corrected chi connectivity index (χ2v) is 5.52. The summed E-state index contributed by atoms with van der Waals surface area (Å²) in [5.74, 6) is 0.821. The molecule has 1 saturated carbocycles. The molecule has 1 N–H and O–H groups in total. The molecule has 1 nitrogen and oxygen atoms in total. The SMILES string of the molecule is CC(C)(CO)Cc1cccc(C2CC2)c1. The van der Waals surface area contributed by atoms with Gasteiger partial charge in [0, 0.05) is 6.61 Å². The minimum Gasteiger partial charge on any atom is -0.396 e. The summed E-state index contributed by atoms with van der Waals surface area (Å²) in [6, 6.07) is 8.86. The van der Waals surface area contributed by atoms with Gasteiger partial charge in [-0.15, -0.1) is 0 Å². The van der Waals surface area contributed by atoms with Gasteiger partial charge < -0.3 is 5.11 Å². The molecule has 82 valence electrons. The van der Waals surface area contributed by atoms with Crippen molar-refractivity contribution in [3.05, 3.63) is 35.4 Å². The fraction of sp³-hybridized carbons (Fsp3) is 0.571. The fourth-order valence-electron chi connectivity index (χ4n) is 1.98. The third-order valence-corrected chi connectivity index (χ3v) is 3.11. The maximum atomic E-state index is 9.25. The monoisotopic (exact) mass is 204 g/mol. The molecule has 1 fully saturated rings. The van der Waals surface area contributed by atoms with Crippen LogP contribution in [0.15, 0.2) is 24.3 Å². The topological polar surface area (TPSA) is 20.2 Å². The summed E-state index contributed by atoms with van der Waals surface area (Å²) in [4.78, 5) is 0. The molecule has 1 aromatic carbocycles. The van der Waals surface area contributed by atoms with E-state index in [1.807, 2.05) is 0 Å². The van der Waals surface area contributed by atoms with Gasteiger partial charge in [-0.2, -0.15) is 0 Å². The summed E-state index contributed by atoms with van der Waals surface area (Å²) in [6.45, 7) is 4.47. The second kappa shape index (κ2) is 3.97. The van der Waals surface area contributed by atoms with Crippen LogP contribution in [0, 0.1) is 5.41 Å². The zero-order valence-electron chi connectivity index (χ0n) is 9.66. The number of hydrogen-bond acceptors (Lipinski definition) is 1. The first-order chi connectivity index (χ1) is 7.11. The summed E-state index contributed by atoms with van der Waals surface area (Å²) in [5.41, 5.74) is 2.85. The molecule has 0 unspecified atom stereocenters. The summed E-state index contributed by atoms with van der Waals surface area (Å²) < 4.78 is 0. The highest BCUT2D eigenvalue weighted by atomic mass is 16.3. The molecule has 0 spiro atoms. The molecule has 0 saturated heterocycles. The molecular formula is C14H20O. The van der Waals surface area contributed by atoms with Gasteiger partial charge in [-0.25, -0.2) is 0 Å². The lowest BCUT2D eigenvalue weighted by Crippen LogP contribution is -2.19. The smallest absolute Gasteiger partial charge is 0.0485 e. The lowest BCUT2D eigenvalue weighted by atomic mass is 9.86. The molecule has 1 aromatic rings. The van der Waals surface area contributed by atoms with E-state index in [0.717, 1.165) is 12.3 Å². The first-order valence-electron chi connectivity index (χ1n) is 5.80. The van der Waals surface area contributed by atoms with Crippen molar-refractivity contribution in [1.29, 1.82) is 0 Å². The van der Waals surface area contributed by atoms with Crippen LogP contribution in [-0.2, 0) is 6.42 Å². The van der Waals surface area contributed by atoms with Crippen molar-refractivity contribution in [3.8, 4) is 0 Å². The lowest BCUT2D eigenvalue weighted by molar-refractivity contribution is 0.159. The Morgan fingerprint density at radius 1 is 1.33 bits per heavy atom. The Balaban J connectivity index is 2.11. The molecule has 0 bridgehead atoms. The molecule has 1 aliphatic rings. The Bertz CT molecular complexity index is 337. The van der Waals surface area contributed by atoms with E-state index < -0.39 is 0 Å². The average Bonchev–Trinajstić information content (AvgIpc) is 3.01. The molecule has 0 aliphatic heterocycles. The Labute approximate surface area is 92.1 Å². The average molecular weight is 204 g/mol. The zero-order valence-corrected chi connectivity index (χ0v) is 9.66. The predicted octanol–water partition coefficient (Wildman–Crippen LogP) is 3.13. The normalized spacial score (nSPS) is 16.7. The van der Waals surface area contributed by atoms with Gasteiger partial charge in [0.2, 0.25) is 0 Å². The third kappa shape index (κ3) is 2.82. The van der Waals surface area contributed by atoms with Crippen LogP contribution in [0.5, 0.6) is 0 Å². The lowest BCUT2D eigenvalue weighted by Gasteiger charge is -2.21. The number of benzene rings is 1. The minimum absolute atomic E-state index is 0.00216. The molecule has 1 heteroatoms. The van der Waals surface area contributed by atoms with Crippen molar-refractivity contribution in [2.24, 2.45) is 5.41 Å². The van der Waals surface area contributed by atoms with Crippen molar-refractivity contribution >= 4 is 0 Å². The molecule has 15 heavy (non-hydrogen) atoms. The first-order valence-corrected chi connectivity index (χ1v) is 5.80. The molecular weight excluding hydrogens is 184 g/mol. The van der Waals surface area contributed by atoms with E-state index in [-0.39, 0.29) is 12.0 Å². The van der Waals surface area contributed by atoms with Gasteiger partial charge in [0.1, 0.15) is 0 Å². The summed E-state index contributed by atoms with van der Waals surface area (Å²) in [6.07, 6.45) is 3.67. The summed E-state index contributed by atoms with van der Waals surface area (Å²) >= 11 is 0. The number of hydrogen-bond donors (Lipinski definition) is 1. The number of rotatable bonds is 4.